The van der Waals surface area contributed by atoms with E-state index < -0.39 is 0 Å². The summed E-state index contributed by atoms with van der Waals surface area (Å²) in [5.41, 5.74) is 2.59. The van der Waals surface area contributed by atoms with E-state index in [2.05, 4.69) is 18.1 Å². The third-order valence-corrected chi connectivity index (χ3v) is 3.64. The Kier molecular flexibility index (Phi) is 5.77. The zero-order valence-electron chi connectivity index (χ0n) is 13.1. The number of halogens is 1. The molecule has 0 bridgehead atoms. The van der Waals surface area contributed by atoms with E-state index >= 15 is 0 Å². The van der Waals surface area contributed by atoms with E-state index in [9.17, 15) is 4.79 Å². The van der Waals surface area contributed by atoms with Crippen molar-refractivity contribution in [3.05, 3.63) is 76.9 Å². The van der Waals surface area contributed by atoms with Gasteiger partial charge in [-0.2, -0.15) is 0 Å². The lowest BCUT2D eigenvalue weighted by Crippen LogP contribution is -2.22. The number of rotatable bonds is 7. The topological polar surface area (TPSA) is 43.6 Å². The minimum Gasteiger partial charge on any atom is -0.485 e. The molecule has 0 aliphatic rings. The van der Waals surface area contributed by atoms with Gasteiger partial charge in [0.1, 0.15) is 6.61 Å². The molecule has 5 heteroatoms. The Labute approximate surface area is 140 Å². The minimum atomic E-state index is -0.107. The van der Waals surface area contributed by atoms with E-state index in [1.807, 2.05) is 13.0 Å². The van der Waals surface area contributed by atoms with E-state index in [1.165, 1.54) is 4.40 Å². The van der Waals surface area contributed by atoms with Crippen LogP contribution in [-0.2, 0) is 6.42 Å². The molecule has 0 amide bonds. The third kappa shape index (κ3) is 3.71. The summed E-state index contributed by atoms with van der Waals surface area (Å²) < 4.78 is 7.29. The Balaban J connectivity index is 2.46. The van der Waals surface area contributed by atoms with E-state index in [4.69, 9.17) is 16.3 Å². The number of hydrogen-bond donors (Lipinski definition) is 0. The molecule has 2 heterocycles. The molecule has 120 valence electrons. The van der Waals surface area contributed by atoms with Gasteiger partial charge in [0, 0.05) is 23.3 Å². The summed E-state index contributed by atoms with van der Waals surface area (Å²) >= 11 is 5.77. The largest absolute Gasteiger partial charge is 0.485 e. The van der Waals surface area contributed by atoms with E-state index in [0.29, 0.717) is 41.6 Å². The average molecular weight is 331 g/mol. The molecular weight excluding hydrogens is 312 g/mol. The maximum atomic E-state index is 12.6. The summed E-state index contributed by atoms with van der Waals surface area (Å²) in [5, 5.41) is 0. The number of allylic oxidation sites excluding steroid dienone is 2. The van der Waals surface area contributed by atoms with Gasteiger partial charge < -0.3 is 4.74 Å². The molecule has 2 aromatic heterocycles. The molecular formula is C18H19ClN2O2. The number of alkyl halides is 1. The predicted molar refractivity (Wildman–Crippen MR) is 94.6 cm³/mol. The first-order valence-electron chi connectivity index (χ1n) is 7.26. The highest BCUT2D eigenvalue weighted by Crippen LogP contribution is 2.18. The lowest BCUT2D eigenvalue weighted by Gasteiger charge is -2.12. The molecule has 0 aliphatic carbocycles. The predicted octanol–water partition coefficient (Wildman–Crippen LogP) is 3.46. The molecule has 23 heavy (non-hydrogen) atoms. The second-order valence-electron chi connectivity index (χ2n) is 4.96. The van der Waals surface area contributed by atoms with E-state index in [-0.39, 0.29) is 5.56 Å². The second-order valence-corrected chi connectivity index (χ2v) is 5.33. The molecule has 0 aromatic carbocycles. The van der Waals surface area contributed by atoms with Crippen LogP contribution in [0.5, 0.6) is 5.75 Å². The Bertz CT molecular complexity index is 822. The van der Waals surface area contributed by atoms with Crippen molar-refractivity contribution in [3.8, 4) is 5.75 Å². The molecule has 2 aromatic rings. The van der Waals surface area contributed by atoms with Crippen LogP contribution in [0.25, 0.3) is 5.65 Å². The average Bonchev–Trinajstić information content (AvgIpc) is 2.55. The Morgan fingerprint density at radius 1 is 1.48 bits per heavy atom. The summed E-state index contributed by atoms with van der Waals surface area (Å²) in [6.07, 6.45) is 7.38. The van der Waals surface area contributed by atoms with Gasteiger partial charge in [-0.25, -0.2) is 4.98 Å². The van der Waals surface area contributed by atoms with E-state index in [1.54, 1.807) is 30.5 Å². The molecule has 0 N–H and O–H groups in total. The zero-order valence-corrected chi connectivity index (χ0v) is 13.8. The number of aryl methyl sites for hydroxylation is 1. The molecule has 0 radical (unpaired) electrons. The SMILES string of the molecule is C=C/C=C(\C=C)COc1cccn2c(=O)c(CCCl)c(C)nc12. The van der Waals surface area contributed by atoms with Crippen LogP contribution in [0, 0.1) is 6.92 Å². The number of pyridine rings is 1. The molecule has 0 fully saturated rings. The number of ether oxygens (including phenoxy) is 1. The van der Waals surface area contributed by atoms with Crippen LogP contribution in [0.1, 0.15) is 11.3 Å². The maximum absolute atomic E-state index is 12.6. The normalized spacial score (nSPS) is 11.5. The Hall–Kier alpha value is -2.33. The van der Waals surface area contributed by atoms with Gasteiger partial charge in [-0.15, -0.1) is 11.6 Å². The fourth-order valence-electron chi connectivity index (χ4n) is 2.26. The van der Waals surface area contributed by atoms with Gasteiger partial charge in [0.25, 0.3) is 5.56 Å². The summed E-state index contributed by atoms with van der Waals surface area (Å²) in [6.45, 7) is 9.53. The van der Waals surface area contributed by atoms with E-state index in [0.717, 1.165) is 5.57 Å². The Morgan fingerprint density at radius 3 is 2.91 bits per heavy atom. The molecule has 0 saturated carbocycles. The lowest BCUT2D eigenvalue weighted by atomic mass is 10.2. The van der Waals surface area contributed by atoms with Gasteiger partial charge in [0.2, 0.25) is 0 Å². The number of aromatic nitrogens is 2. The quantitative estimate of drug-likeness (QED) is 0.577. The first-order valence-corrected chi connectivity index (χ1v) is 7.79. The highest BCUT2D eigenvalue weighted by molar-refractivity contribution is 6.18. The van der Waals surface area contributed by atoms with Crippen LogP contribution < -0.4 is 10.3 Å². The first kappa shape index (κ1) is 17.0. The molecule has 0 unspecified atom stereocenters. The fraction of sp³-hybridized carbons (Fsp3) is 0.222. The number of hydrogen-bond acceptors (Lipinski definition) is 3. The third-order valence-electron chi connectivity index (χ3n) is 3.45. The Morgan fingerprint density at radius 2 is 2.26 bits per heavy atom. The fourth-order valence-corrected chi connectivity index (χ4v) is 2.45. The van der Waals surface area contributed by atoms with Gasteiger partial charge in [0.05, 0.1) is 0 Å². The van der Waals surface area contributed by atoms with Crippen molar-refractivity contribution in [2.45, 2.75) is 13.3 Å². The maximum Gasteiger partial charge on any atom is 0.261 e. The second kappa shape index (κ2) is 7.79. The summed E-state index contributed by atoms with van der Waals surface area (Å²) in [5.74, 6) is 0.927. The van der Waals surface area contributed by atoms with Crippen LogP contribution in [0.4, 0.5) is 0 Å². The van der Waals surface area contributed by atoms with Crippen molar-refractivity contribution in [1.29, 1.82) is 0 Å². The van der Waals surface area contributed by atoms with Crippen LogP contribution in [-0.4, -0.2) is 21.9 Å². The molecule has 0 aliphatic heterocycles. The van der Waals surface area contributed by atoms with Crippen molar-refractivity contribution in [3.63, 3.8) is 0 Å². The summed E-state index contributed by atoms with van der Waals surface area (Å²) in [4.78, 5) is 17.1. The van der Waals surface area contributed by atoms with Gasteiger partial charge >= 0.3 is 0 Å². The summed E-state index contributed by atoms with van der Waals surface area (Å²) in [6, 6.07) is 3.55. The van der Waals surface area contributed by atoms with Crippen molar-refractivity contribution in [2.75, 3.05) is 12.5 Å². The van der Waals surface area contributed by atoms with Crippen molar-refractivity contribution >= 4 is 17.2 Å². The number of nitrogens with zero attached hydrogens (tertiary/aromatic N) is 2. The van der Waals surface area contributed by atoms with Crippen LogP contribution >= 0.6 is 11.6 Å². The van der Waals surface area contributed by atoms with Crippen molar-refractivity contribution in [1.82, 2.24) is 9.38 Å². The van der Waals surface area contributed by atoms with Crippen molar-refractivity contribution < 1.29 is 4.74 Å². The summed E-state index contributed by atoms with van der Waals surface area (Å²) in [7, 11) is 0. The van der Waals surface area contributed by atoms with Crippen LogP contribution in [0.2, 0.25) is 0 Å². The smallest absolute Gasteiger partial charge is 0.261 e. The monoisotopic (exact) mass is 330 g/mol. The van der Waals surface area contributed by atoms with Crippen LogP contribution in [0.3, 0.4) is 0 Å². The highest BCUT2D eigenvalue weighted by atomic mass is 35.5. The first-order chi connectivity index (χ1) is 11.1. The zero-order chi connectivity index (χ0) is 16.8. The molecule has 2 rings (SSSR count). The molecule has 0 spiro atoms. The standard InChI is InChI=1S/C18H19ClN2O2/c1-4-7-14(5-2)12-23-16-8-6-11-21-17(16)20-13(3)15(9-10-19)18(21)22/h4-8,11H,1-2,9-10,12H2,3H3/b14-7+. The van der Waals surface area contributed by atoms with Gasteiger partial charge in [-0.3, -0.25) is 9.20 Å². The lowest BCUT2D eigenvalue weighted by molar-refractivity contribution is 0.357. The van der Waals surface area contributed by atoms with Crippen LogP contribution in [0.15, 0.2) is 60.1 Å². The van der Waals surface area contributed by atoms with Gasteiger partial charge in [0.15, 0.2) is 11.4 Å². The number of fused-ring (bicyclic) bond motifs is 1. The molecule has 4 nitrogen and oxygen atoms in total. The van der Waals surface area contributed by atoms with Gasteiger partial charge in [-0.05, 0) is 31.1 Å². The van der Waals surface area contributed by atoms with Gasteiger partial charge in [-0.1, -0.05) is 31.4 Å². The molecule has 0 saturated heterocycles. The van der Waals surface area contributed by atoms with Crippen molar-refractivity contribution in [2.24, 2.45) is 0 Å². The highest BCUT2D eigenvalue weighted by Gasteiger charge is 2.12. The molecule has 0 atom stereocenters. The minimum absolute atomic E-state index is 0.107.